The van der Waals surface area contributed by atoms with Crippen molar-refractivity contribution in [3.05, 3.63) is 75.8 Å². The molecule has 0 saturated heterocycles. The molecule has 28 heavy (non-hydrogen) atoms. The molecule has 0 saturated carbocycles. The molecule has 0 aliphatic heterocycles. The van der Waals surface area contributed by atoms with Crippen LogP contribution >= 0.6 is 0 Å². The van der Waals surface area contributed by atoms with Crippen molar-refractivity contribution >= 4 is 5.69 Å². The van der Waals surface area contributed by atoms with Crippen LogP contribution in [0.25, 0.3) is 22.4 Å². The van der Waals surface area contributed by atoms with Crippen LogP contribution in [0.1, 0.15) is 24.5 Å². The highest BCUT2D eigenvalue weighted by Gasteiger charge is 2.17. The minimum atomic E-state index is -0.449. The molecule has 0 atom stereocenters. The minimum Gasteiger partial charge on any atom is -0.477 e. The predicted molar refractivity (Wildman–Crippen MR) is 107 cm³/mol. The van der Waals surface area contributed by atoms with Gasteiger partial charge in [-0.1, -0.05) is 36.8 Å². The highest BCUT2D eigenvalue weighted by atomic mass is 16.6. The summed E-state index contributed by atoms with van der Waals surface area (Å²) in [5.74, 6) is 0.274. The smallest absolute Gasteiger partial charge is 0.269 e. The van der Waals surface area contributed by atoms with Crippen LogP contribution in [0.2, 0.25) is 0 Å². The summed E-state index contributed by atoms with van der Waals surface area (Å²) in [6, 6.07) is 18.0. The Balaban J connectivity index is 2.18. The van der Waals surface area contributed by atoms with Gasteiger partial charge in [0.05, 0.1) is 17.2 Å². The summed E-state index contributed by atoms with van der Waals surface area (Å²) < 4.78 is 5.75. The lowest BCUT2D eigenvalue weighted by Gasteiger charge is -2.13. The number of ether oxygens (including phenoxy) is 1. The standard InChI is InChI=1S/C22H19N3O3/c1-3-12-28-22-20(14-23)19(16-8-10-18(11-9-16)25(26)27)13-21(24-22)17-6-4-15(2)5-7-17/h4-11,13H,3,12H2,1-2H3. The number of hydrogen-bond donors (Lipinski definition) is 0. The third kappa shape index (κ3) is 3.99. The molecule has 6 nitrogen and oxygen atoms in total. The second kappa shape index (κ2) is 8.31. The maximum absolute atomic E-state index is 10.9. The van der Waals surface area contributed by atoms with Gasteiger partial charge in [-0.2, -0.15) is 5.26 Å². The first-order chi connectivity index (χ1) is 13.5. The molecule has 0 fully saturated rings. The average Bonchev–Trinajstić information content (AvgIpc) is 2.72. The van der Waals surface area contributed by atoms with E-state index in [4.69, 9.17) is 4.74 Å². The molecule has 0 radical (unpaired) electrons. The van der Waals surface area contributed by atoms with Crippen LogP contribution in [0.3, 0.4) is 0 Å². The molecule has 0 unspecified atom stereocenters. The fraction of sp³-hybridized carbons (Fsp3) is 0.182. The van der Waals surface area contributed by atoms with Crippen molar-refractivity contribution in [1.29, 1.82) is 5.26 Å². The maximum atomic E-state index is 10.9. The molecule has 1 aromatic heterocycles. The fourth-order valence-electron chi connectivity index (χ4n) is 2.80. The third-order valence-electron chi connectivity index (χ3n) is 4.28. The molecule has 3 aromatic rings. The number of aromatic nitrogens is 1. The van der Waals surface area contributed by atoms with Gasteiger partial charge in [-0.05, 0) is 37.1 Å². The van der Waals surface area contributed by atoms with Gasteiger partial charge in [0, 0.05) is 23.3 Å². The molecule has 2 aromatic carbocycles. The Hall–Kier alpha value is -3.72. The van der Waals surface area contributed by atoms with E-state index in [9.17, 15) is 15.4 Å². The largest absolute Gasteiger partial charge is 0.477 e. The molecule has 6 heteroatoms. The molecule has 0 amide bonds. The number of non-ortho nitro benzene ring substituents is 1. The molecule has 0 aliphatic rings. The van der Waals surface area contributed by atoms with Gasteiger partial charge in [0.2, 0.25) is 5.88 Å². The second-order valence-electron chi connectivity index (χ2n) is 6.37. The number of nitro groups is 1. The summed E-state index contributed by atoms with van der Waals surface area (Å²) in [6.45, 7) is 4.43. The van der Waals surface area contributed by atoms with Gasteiger partial charge >= 0.3 is 0 Å². The van der Waals surface area contributed by atoms with Gasteiger partial charge in [0.25, 0.3) is 5.69 Å². The Morgan fingerprint density at radius 1 is 1.11 bits per heavy atom. The first kappa shape index (κ1) is 19.1. The molecule has 1 heterocycles. The van der Waals surface area contributed by atoms with Crippen molar-refractivity contribution in [1.82, 2.24) is 4.98 Å². The zero-order chi connectivity index (χ0) is 20.1. The van der Waals surface area contributed by atoms with E-state index >= 15 is 0 Å². The van der Waals surface area contributed by atoms with Crippen LogP contribution in [-0.2, 0) is 0 Å². The Morgan fingerprint density at radius 2 is 1.75 bits per heavy atom. The number of nitriles is 1. The number of aryl methyl sites for hydroxylation is 1. The summed E-state index contributed by atoms with van der Waals surface area (Å²) in [4.78, 5) is 15.0. The number of hydrogen-bond acceptors (Lipinski definition) is 5. The van der Waals surface area contributed by atoms with Crippen LogP contribution in [0, 0.1) is 28.4 Å². The van der Waals surface area contributed by atoms with Gasteiger partial charge in [-0.3, -0.25) is 10.1 Å². The van der Waals surface area contributed by atoms with Crippen molar-refractivity contribution in [3.8, 4) is 34.3 Å². The molecule has 0 bridgehead atoms. The van der Waals surface area contributed by atoms with Crippen LogP contribution in [-0.4, -0.2) is 16.5 Å². The first-order valence-corrected chi connectivity index (χ1v) is 8.93. The predicted octanol–water partition coefficient (Wildman–Crippen LogP) is 5.29. The lowest BCUT2D eigenvalue weighted by Crippen LogP contribution is -2.03. The number of pyridine rings is 1. The normalized spacial score (nSPS) is 10.3. The van der Waals surface area contributed by atoms with Crippen molar-refractivity contribution in [2.75, 3.05) is 6.61 Å². The van der Waals surface area contributed by atoms with E-state index in [0.717, 1.165) is 17.5 Å². The average molecular weight is 373 g/mol. The van der Waals surface area contributed by atoms with E-state index in [1.807, 2.05) is 44.2 Å². The Labute approximate surface area is 163 Å². The molecular weight excluding hydrogens is 354 g/mol. The lowest BCUT2D eigenvalue weighted by atomic mass is 9.98. The van der Waals surface area contributed by atoms with Crippen molar-refractivity contribution in [2.45, 2.75) is 20.3 Å². The molecular formula is C22H19N3O3. The number of nitrogens with zero attached hydrogens (tertiary/aromatic N) is 3. The van der Waals surface area contributed by atoms with E-state index in [-0.39, 0.29) is 11.6 Å². The highest BCUT2D eigenvalue weighted by Crippen LogP contribution is 2.34. The maximum Gasteiger partial charge on any atom is 0.269 e. The van der Waals surface area contributed by atoms with E-state index in [0.29, 0.717) is 29.0 Å². The summed E-state index contributed by atoms with van der Waals surface area (Å²) in [5, 5.41) is 20.7. The first-order valence-electron chi connectivity index (χ1n) is 8.93. The van der Waals surface area contributed by atoms with Gasteiger partial charge in [-0.25, -0.2) is 4.98 Å². The third-order valence-corrected chi connectivity index (χ3v) is 4.28. The molecule has 140 valence electrons. The topological polar surface area (TPSA) is 89.1 Å². The molecule has 3 rings (SSSR count). The summed E-state index contributed by atoms with van der Waals surface area (Å²) in [7, 11) is 0. The second-order valence-corrected chi connectivity index (χ2v) is 6.37. The van der Waals surface area contributed by atoms with Gasteiger partial charge in [0.1, 0.15) is 11.6 Å². The lowest BCUT2D eigenvalue weighted by molar-refractivity contribution is -0.384. The van der Waals surface area contributed by atoms with Crippen molar-refractivity contribution in [3.63, 3.8) is 0 Å². The zero-order valence-electron chi connectivity index (χ0n) is 15.7. The van der Waals surface area contributed by atoms with Gasteiger partial charge < -0.3 is 4.74 Å². The van der Waals surface area contributed by atoms with E-state index in [2.05, 4.69) is 11.1 Å². The van der Waals surface area contributed by atoms with Crippen LogP contribution in [0.4, 0.5) is 5.69 Å². The molecule has 0 aliphatic carbocycles. The fourth-order valence-corrected chi connectivity index (χ4v) is 2.80. The highest BCUT2D eigenvalue weighted by molar-refractivity contribution is 5.78. The zero-order valence-corrected chi connectivity index (χ0v) is 15.7. The van der Waals surface area contributed by atoms with Gasteiger partial charge in [-0.15, -0.1) is 0 Å². The number of benzene rings is 2. The quantitative estimate of drug-likeness (QED) is 0.432. The Morgan fingerprint density at radius 3 is 2.32 bits per heavy atom. The van der Waals surface area contributed by atoms with Crippen molar-refractivity contribution in [2.24, 2.45) is 0 Å². The van der Waals surface area contributed by atoms with E-state index in [1.54, 1.807) is 12.1 Å². The summed E-state index contributed by atoms with van der Waals surface area (Å²) in [5.41, 5.74) is 4.36. The summed E-state index contributed by atoms with van der Waals surface area (Å²) >= 11 is 0. The Kier molecular flexibility index (Phi) is 5.66. The SMILES string of the molecule is CCCOc1nc(-c2ccc(C)cc2)cc(-c2ccc([N+](=O)[O-])cc2)c1C#N. The van der Waals surface area contributed by atoms with E-state index < -0.39 is 4.92 Å². The van der Waals surface area contributed by atoms with Crippen LogP contribution in [0.15, 0.2) is 54.6 Å². The molecule has 0 spiro atoms. The summed E-state index contributed by atoms with van der Waals surface area (Å²) in [6.07, 6.45) is 0.786. The van der Waals surface area contributed by atoms with Crippen molar-refractivity contribution < 1.29 is 9.66 Å². The molecule has 0 N–H and O–H groups in total. The minimum absolute atomic E-state index is 0.00229. The van der Waals surface area contributed by atoms with Crippen LogP contribution < -0.4 is 4.74 Å². The number of rotatable bonds is 6. The monoisotopic (exact) mass is 373 g/mol. The number of nitro benzene ring substituents is 1. The van der Waals surface area contributed by atoms with E-state index in [1.165, 1.54) is 12.1 Å². The van der Waals surface area contributed by atoms with Crippen LogP contribution in [0.5, 0.6) is 5.88 Å². The van der Waals surface area contributed by atoms with Gasteiger partial charge in [0.15, 0.2) is 0 Å². The Bertz CT molecular complexity index is 1040.